The van der Waals surface area contributed by atoms with Crippen LogP contribution in [-0.2, 0) is 12.6 Å². The number of para-hydroxylation sites is 1. The maximum atomic E-state index is 12.9. The summed E-state index contributed by atoms with van der Waals surface area (Å²) in [5.41, 5.74) is 0.167. The van der Waals surface area contributed by atoms with Crippen molar-refractivity contribution in [1.29, 1.82) is 0 Å². The number of aromatic nitrogens is 1. The molecule has 0 radical (unpaired) electrons. The number of nitrogens with zero attached hydrogens (tertiary/aromatic N) is 2. The molecule has 0 aliphatic rings. The molecule has 2 rings (SSSR count). The standard InChI is InChI=1S/C19H23F3N4O2.HI/c1-23-18(25-11-9-14-6-3-4-8-16(14)27-2)26-12-13-28-17-15(19(20,21)22)7-5-10-24-17;/h3-8,10H,9,11-13H2,1-2H3,(H2,23,25,26);1H. The van der Waals surface area contributed by atoms with Gasteiger partial charge in [-0.1, -0.05) is 18.2 Å². The monoisotopic (exact) mass is 524 g/mol. The third kappa shape index (κ3) is 7.95. The Bertz CT molecular complexity index is 788. The fourth-order valence-corrected chi connectivity index (χ4v) is 2.48. The lowest BCUT2D eigenvalue weighted by Gasteiger charge is -2.15. The predicted molar refractivity (Wildman–Crippen MR) is 116 cm³/mol. The SMILES string of the molecule is CN=C(NCCOc1ncccc1C(F)(F)F)NCCc1ccccc1OC.I. The molecule has 0 spiro atoms. The van der Waals surface area contributed by atoms with Gasteiger partial charge in [0.1, 0.15) is 17.9 Å². The molecule has 0 saturated heterocycles. The van der Waals surface area contributed by atoms with Crippen LogP contribution in [0, 0.1) is 0 Å². The molecule has 6 nitrogen and oxygen atoms in total. The minimum Gasteiger partial charge on any atom is -0.496 e. The first kappa shape index (κ1) is 24.8. The summed E-state index contributed by atoms with van der Waals surface area (Å²) in [5.74, 6) is 0.906. The number of methoxy groups -OCH3 is 1. The van der Waals surface area contributed by atoms with Crippen molar-refractivity contribution in [2.75, 3.05) is 33.9 Å². The lowest BCUT2D eigenvalue weighted by molar-refractivity contribution is -0.139. The number of guanidine groups is 1. The van der Waals surface area contributed by atoms with E-state index in [1.165, 1.54) is 12.3 Å². The lowest BCUT2D eigenvalue weighted by atomic mass is 10.1. The van der Waals surface area contributed by atoms with Crippen LogP contribution in [0.4, 0.5) is 13.2 Å². The molecular weight excluding hydrogens is 500 g/mol. The molecule has 0 unspecified atom stereocenters. The number of hydrogen-bond donors (Lipinski definition) is 2. The Morgan fingerprint density at radius 3 is 2.52 bits per heavy atom. The highest BCUT2D eigenvalue weighted by Gasteiger charge is 2.34. The van der Waals surface area contributed by atoms with Crippen LogP contribution in [0.2, 0.25) is 0 Å². The number of ether oxygens (including phenoxy) is 2. The third-order valence-electron chi connectivity index (χ3n) is 3.81. The topological polar surface area (TPSA) is 67.8 Å². The summed E-state index contributed by atoms with van der Waals surface area (Å²) < 4.78 is 49.2. The van der Waals surface area contributed by atoms with Crippen LogP contribution in [0.5, 0.6) is 11.6 Å². The Labute approximate surface area is 184 Å². The van der Waals surface area contributed by atoms with Crippen molar-refractivity contribution >= 4 is 29.9 Å². The predicted octanol–water partition coefficient (Wildman–Crippen LogP) is 3.51. The van der Waals surface area contributed by atoms with Gasteiger partial charge in [0.05, 0.1) is 13.7 Å². The number of hydrogen-bond acceptors (Lipinski definition) is 4. The van der Waals surface area contributed by atoms with Gasteiger partial charge in [-0.2, -0.15) is 13.2 Å². The van der Waals surface area contributed by atoms with Gasteiger partial charge in [-0.25, -0.2) is 4.98 Å². The van der Waals surface area contributed by atoms with Crippen molar-refractivity contribution in [3.8, 4) is 11.6 Å². The normalized spacial score (nSPS) is 11.4. The smallest absolute Gasteiger partial charge is 0.421 e. The molecule has 2 N–H and O–H groups in total. The number of nitrogens with one attached hydrogen (secondary N) is 2. The average Bonchev–Trinajstić information content (AvgIpc) is 2.69. The molecule has 0 aliphatic carbocycles. The quantitative estimate of drug-likeness (QED) is 0.240. The number of aliphatic imine (C=N–C) groups is 1. The summed E-state index contributed by atoms with van der Waals surface area (Å²) in [6.45, 7) is 0.884. The van der Waals surface area contributed by atoms with Crippen LogP contribution >= 0.6 is 24.0 Å². The summed E-state index contributed by atoms with van der Waals surface area (Å²) in [6.07, 6.45) is -2.52. The minimum atomic E-state index is -4.51. The summed E-state index contributed by atoms with van der Waals surface area (Å²) in [6, 6.07) is 9.88. The molecule has 29 heavy (non-hydrogen) atoms. The zero-order chi connectivity index (χ0) is 20.4. The Kier molecular flexibility index (Phi) is 10.6. The highest BCUT2D eigenvalue weighted by atomic mass is 127. The van der Waals surface area contributed by atoms with Crippen molar-refractivity contribution in [3.63, 3.8) is 0 Å². The van der Waals surface area contributed by atoms with Crippen molar-refractivity contribution < 1.29 is 22.6 Å². The van der Waals surface area contributed by atoms with Gasteiger partial charge in [0.25, 0.3) is 0 Å². The van der Waals surface area contributed by atoms with Gasteiger partial charge in [-0.05, 0) is 30.2 Å². The molecule has 1 aromatic heterocycles. The van der Waals surface area contributed by atoms with Gasteiger partial charge >= 0.3 is 6.18 Å². The van der Waals surface area contributed by atoms with Gasteiger partial charge in [-0.3, -0.25) is 4.99 Å². The molecule has 0 bridgehead atoms. The average molecular weight is 524 g/mol. The van der Waals surface area contributed by atoms with Gasteiger partial charge in [0.15, 0.2) is 5.96 Å². The molecule has 0 fully saturated rings. The van der Waals surface area contributed by atoms with E-state index >= 15 is 0 Å². The van der Waals surface area contributed by atoms with Crippen LogP contribution < -0.4 is 20.1 Å². The summed E-state index contributed by atoms with van der Waals surface area (Å²) in [7, 11) is 3.23. The largest absolute Gasteiger partial charge is 0.496 e. The van der Waals surface area contributed by atoms with E-state index in [2.05, 4.69) is 20.6 Å². The van der Waals surface area contributed by atoms with Crippen molar-refractivity contribution in [3.05, 3.63) is 53.7 Å². The van der Waals surface area contributed by atoms with Crippen LogP contribution in [-0.4, -0.2) is 44.8 Å². The molecule has 160 valence electrons. The maximum Gasteiger partial charge on any atom is 0.421 e. The van der Waals surface area contributed by atoms with E-state index in [4.69, 9.17) is 9.47 Å². The van der Waals surface area contributed by atoms with E-state index in [1.807, 2.05) is 24.3 Å². The van der Waals surface area contributed by atoms with E-state index in [0.717, 1.165) is 23.8 Å². The highest BCUT2D eigenvalue weighted by Crippen LogP contribution is 2.34. The number of halogens is 4. The van der Waals surface area contributed by atoms with Crippen molar-refractivity contribution in [2.45, 2.75) is 12.6 Å². The van der Waals surface area contributed by atoms with Gasteiger partial charge < -0.3 is 20.1 Å². The zero-order valence-corrected chi connectivity index (χ0v) is 18.5. The molecule has 1 aromatic carbocycles. The number of benzene rings is 1. The molecule has 1 heterocycles. The Hall–Kier alpha value is -2.24. The molecule has 0 saturated carbocycles. The van der Waals surface area contributed by atoms with E-state index in [0.29, 0.717) is 12.5 Å². The Balaban J connectivity index is 0.00000420. The second-order valence-electron chi connectivity index (χ2n) is 5.69. The van der Waals surface area contributed by atoms with E-state index in [-0.39, 0.29) is 37.1 Å². The van der Waals surface area contributed by atoms with Crippen LogP contribution in [0.15, 0.2) is 47.6 Å². The molecule has 0 atom stereocenters. The first-order valence-corrected chi connectivity index (χ1v) is 8.67. The fourth-order valence-electron chi connectivity index (χ4n) is 2.48. The Morgan fingerprint density at radius 2 is 1.83 bits per heavy atom. The summed E-state index contributed by atoms with van der Waals surface area (Å²) >= 11 is 0. The molecule has 0 amide bonds. The highest BCUT2D eigenvalue weighted by molar-refractivity contribution is 14.0. The number of pyridine rings is 1. The minimum absolute atomic E-state index is 0. The van der Waals surface area contributed by atoms with E-state index in [1.54, 1.807) is 14.2 Å². The van der Waals surface area contributed by atoms with Gasteiger partial charge in [-0.15, -0.1) is 24.0 Å². The fraction of sp³-hybridized carbons (Fsp3) is 0.368. The van der Waals surface area contributed by atoms with Crippen LogP contribution in [0.1, 0.15) is 11.1 Å². The second-order valence-corrected chi connectivity index (χ2v) is 5.69. The summed E-state index contributed by atoms with van der Waals surface area (Å²) in [5, 5.41) is 6.12. The molecule has 10 heteroatoms. The first-order chi connectivity index (χ1) is 13.5. The van der Waals surface area contributed by atoms with E-state index < -0.39 is 17.6 Å². The van der Waals surface area contributed by atoms with Crippen molar-refractivity contribution in [1.82, 2.24) is 15.6 Å². The van der Waals surface area contributed by atoms with Gasteiger partial charge in [0.2, 0.25) is 5.88 Å². The first-order valence-electron chi connectivity index (χ1n) is 8.67. The zero-order valence-electron chi connectivity index (χ0n) is 16.1. The maximum absolute atomic E-state index is 12.9. The molecule has 2 aromatic rings. The summed E-state index contributed by atoms with van der Waals surface area (Å²) in [4.78, 5) is 7.73. The van der Waals surface area contributed by atoms with Crippen LogP contribution in [0.25, 0.3) is 0 Å². The molecule has 0 aliphatic heterocycles. The lowest BCUT2D eigenvalue weighted by Crippen LogP contribution is -2.40. The third-order valence-corrected chi connectivity index (χ3v) is 3.81. The number of rotatable bonds is 8. The van der Waals surface area contributed by atoms with Crippen LogP contribution in [0.3, 0.4) is 0 Å². The number of alkyl halides is 3. The Morgan fingerprint density at radius 1 is 1.10 bits per heavy atom. The van der Waals surface area contributed by atoms with Crippen molar-refractivity contribution in [2.24, 2.45) is 4.99 Å². The molecular formula is C19H24F3IN4O2. The second kappa shape index (κ2) is 12.3. The van der Waals surface area contributed by atoms with Gasteiger partial charge in [0, 0.05) is 19.8 Å². The van der Waals surface area contributed by atoms with E-state index in [9.17, 15) is 13.2 Å².